The molecule has 0 radical (unpaired) electrons. The van der Waals surface area contributed by atoms with Gasteiger partial charge in [0.05, 0.1) is 22.3 Å². The second kappa shape index (κ2) is 5.49. The third kappa shape index (κ3) is 3.16. The number of sulfonamides is 1. The maximum atomic E-state index is 13.6. The van der Waals surface area contributed by atoms with Crippen LogP contribution in [0.1, 0.15) is 15.9 Å². The molecule has 21 heavy (non-hydrogen) atoms. The Morgan fingerprint density at radius 3 is 2.67 bits per heavy atom. The SMILES string of the molecule is Cc1cc(S(=O)(=O)Nc2cccnc2)cc(C(=O)O)c1F. The van der Waals surface area contributed by atoms with E-state index in [-0.39, 0.29) is 16.1 Å². The molecule has 1 aromatic heterocycles. The van der Waals surface area contributed by atoms with Crippen LogP contribution in [0.5, 0.6) is 0 Å². The third-order valence-electron chi connectivity index (χ3n) is 2.68. The van der Waals surface area contributed by atoms with Crippen molar-refractivity contribution in [2.75, 3.05) is 4.72 Å². The lowest BCUT2D eigenvalue weighted by Crippen LogP contribution is -2.15. The van der Waals surface area contributed by atoms with Gasteiger partial charge in [0, 0.05) is 6.20 Å². The van der Waals surface area contributed by atoms with Crippen LogP contribution in [0.4, 0.5) is 10.1 Å². The minimum absolute atomic E-state index is 0.0681. The number of carboxylic acid groups (broad SMARTS) is 1. The molecule has 2 rings (SSSR count). The largest absolute Gasteiger partial charge is 0.478 e. The monoisotopic (exact) mass is 310 g/mol. The first-order valence-corrected chi connectivity index (χ1v) is 7.26. The van der Waals surface area contributed by atoms with Gasteiger partial charge in [0.15, 0.2) is 0 Å². The zero-order valence-electron chi connectivity index (χ0n) is 10.9. The van der Waals surface area contributed by atoms with Crippen LogP contribution in [0, 0.1) is 12.7 Å². The summed E-state index contributed by atoms with van der Waals surface area (Å²) in [7, 11) is -4.03. The Kier molecular flexibility index (Phi) is 3.90. The minimum Gasteiger partial charge on any atom is -0.478 e. The van der Waals surface area contributed by atoms with E-state index < -0.39 is 27.4 Å². The number of nitrogens with one attached hydrogen (secondary N) is 1. The molecule has 110 valence electrons. The van der Waals surface area contributed by atoms with Gasteiger partial charge in [-0.15, -0.1) is 0 Å². The molecule has 0 unspecified atom stereocenters. The maximum absolute atomic E-state index is 13.6. The first-order chi connectivity index (χ1) is 9.81. The number of anilines is 1. The maximum Gasteiger partial charge on any atom is 0.338 e. The van der Waals surface area contributed by atoms with E-state index >= 15 is 0 Å². The van der Waals surface area contributed by atoms with E-state index in [1.54, 1.807) is 0 Å². The smallest absolute Gasteiger partial charge is 0.338 e. The van der Waals surface area contributed by atoms with Crippen LogP contribution in [0.3, 0.4) is 0 Å². The molecule has 0 bridgehead atoms. The van der Waals surface area contributed by atoms with Crippen molar-refractivity contribution < 1.29 is 22.7 Å². The number of halogens is 1. The van der Waals surface area contributed by atoms with Crippen LogP contribution in [-0.2, 0) is 10.0 Å². The molecule has 8 heteroatoms. The van der Waals surface area contributed by atoms with Gasteiger partial charge in [-0.25, -0.2) is 17.6 Å². The molecule has 0 spiro atoms. The molecule has 6 nitrogen and oxygen atoms in total. The lowest BCUT2D eigenvalue weighted by Gasteiger charge is -2.10. The highest BCUT2D eigenvalue weighted by molar-refractivity contribution is 7.92. The van der Waals surface area contributed by atoms with Gasteiger partial charge in [0.1, 0.15) is 5.82 Å². The average molecular weight is 310 g/mol. The lowest BCUT2D eigenvalue weighted by atomic mass is 10.1. The Bertz CT molecular complexity index is 791. The molecule has 0 atom stereocenters. The molecule has 0 aliphatic heterocycles. The molecule has 0 saturated heterocycles. The minimum atomic E-state index is -4.03. The lowest BCUT2D eigenvalue weighted by molar-refractivity contribution is 0.0691. The number of aromatic carboxylic acids is 1. The van der Waals surface area contributed by atoms with E-state index in [1.807, 2.05) is 0 Å². The average Bonchev–Trinajstić information content (AvgIpc) is 2.41. The number of aryl methyl sites for hydroxylation is 1. The summed E-state index contributed by atoms with van der Waals surface area (Å²) < 4.78 is 40.3. The summed E-state index contributed by atoms with van der Waals surface area (Å²) in [4.78, 5) is 14.4. The topological polar surface area (TPSA) is 96.4 Å². The highest BCUT2D eigenvalue weighted by Gasteiger charge is 2.21. The molecule has 0 saturated carbocycles. The van der Waals surface area contributed by atoms with Crippen molar-refractivity contribution in [2.24, 2.45) is 0 Å². The Labute approximate surface area is 120 Å². The fourth-order valence-electron chi connectivity index (χ4n) is 1.68. The van der Waals surface area contributed by atoms with Crippen LogP contribution < -0.4 is 4.72 Å². The fraction of sp³-hybridized carbons (Fsp3) is 0.0769. The fourth-order valence-corrected chi connectivity index (χ4v) is 2.84. The number of carbonyl (C=O) groups is 1. The van der Waals surface area contributed by atoms with Crippen LogP contribution in [0.2, 0.25) is 0 Å². The Hall–Kier alpha value is -2.48. The van der Waals surface area contributed by atoms with Crippen molar-refractivity contribution in [3.05, 3.63) is 53.6 Å². The highest BCUT2D eigenvalue weighted by atomic mass is 32.2. The summed E-state index contributed by atoms with van der Waals surface area (Å²) in [6, 6.07) is 4.87. The van der Waals surface area contributed by atoms with Gasteiger partial charge in [-0.2, -0.15) is 0 Å². The molecular weight excluding hydrogens is 299 g/mol. The summed E-state index contributed by atoms with van der Waals surface area (Å²) in [5.41, 5.74) is -0.542. The van der Waals surface area contributed by atoms with Gasteiger partial charge < -0.3 is 5.11 Å². The number of aromatic nitrogens is 1. The zero-order valence-corrected chi connectivity index (χ0v) is 11.7. The normalized spacial score (nSPS) is 11.1. The molecule has 2 aromatic rings. The number of rotatable bonds is 4. The summed E-state index contributed by atoms with van der Waals surface area (Å²) in [6.07, 6.45) is 2.77. The van der Waals surface area contributed by atoms with Crippen molar-refractivity contribution in [1.82, 2.24) is 4.98 Å². The molecule has 1 aromatic carbocycles. The second-order valence-corrected chi connectivity index (χ2v) is 5.94. The van der Waals surface area contributed by atoms with Crippen LogP contribution >= 0.6 is 0 Å². The number of hydrogen-bond donors (Lipinski definition) is 2. The number of benzene rings is 1. The third-order valence-corrected chi connectivity index (χ3v) is 4.04. The van der Waals surface area contributed by atoms with Gasteiger partial charge >= 0.3 is 5.97 Å². The predicted octanol–water partition coefficient (Wildman–Crippen LogP) is 2.03. The molecule has 0 fully saturated rings. The molecule has 2 N–H and O–H groups in total. The predicted molar refractivity (Wildman–Crippen MR) is 73.1 cm³/mol. The second-order valence-electron chi connectivity index (χ2n) is 4.25. The molecule has 0 aliphatic rings. The van der Waals surface area contributed by atoms with Gasteiger partial charge in [0.2, 0.25) is 0 Å². The molecule has 0 amide bonds. The van der Waals surface area contributed by atoms with E-state index in [0.29, 0.717) is 0 Å². The quantitative estimate of drug-likeness (QED) is 0.900. The van der Waals surface area contributed by atoms with Gasteiger partial charge in [-0.3, -0.25) is 9.71 Å². The van der Waals surface area contributed by atoms with E-state index in [0.717, 1.165) is 12.1 Å². The summed E-state index contributed by atoms with van der Waals surface area (Å²) >= 11 is 0. The molecule has 0 aliphatic carbocycles. The summed E-state index contributed by atoms with van der Waals surface area (Å²) in [5, 5.41) is 8.90. The van der Waals surface area contributed by atoms with Crippen molar-refractivity contribution in [3.8, 4) is 0 Å². The van der Waals surface area contributed by atoms with Crippen molar-refractivity contribution in [2.45, 2.75) is 11.8 Å². The first-order valence-electron chi connectivity index (χ1n) is 5.77. The molecular formula is C13H11FN2O4S. The van der Waals surface area contributed by atoms with E-state index in [9.17, 15) is 17.6 Å². The van der Waals surface area contributed by atoms with Crippen LogP contribution in [0.25, 0.3) is 0 Å². The number of nitrogens with zero attached hydrogens (tertiary/aromatic N) is 1. The molecule has 1 heterocycles. The summed E-state index contributed by atoms with van der Waals surface area (Å²) in [6.45, 7) is 1.30. The first kappa shape index (κ1) is 14.9. The summed E-state index contributed by atoms with van der Waals surface area (Å²) in [5.74, 6) is -2.49. The Morgan fingerprint density at radius 2 is 2.10 bits per heavy atom. The van der Waals surface area contributed by atoms with Crippen molar-refractivity contribution in [3.63, 3.8) is 0 Å². The van der Waals surface area contributed by atoms with Gasteiger partial charge in [0.25, 0.3) is 10.0 Å². The van der Waals surface area contributed by atoms with Gasteiger partial charge in [-0.1, -0.05) is 0 Å². The van der Waals surface area contributed by atoms with Crippen LogP contribution in [0.15, 0.2) is 41.6 Å². The van der Waals surface area contributed by atoms with Crippen molar-refractivity contribution in [1.29, 1.82) is 0 Å². The van der Waals surface area contributed by atoms with Crippen LogP contribution in [-0.4, -0.2) is 24.5 Å². The van der Waals surface area contributed by atoms with E-state index in [2.05, 4.69) is 9.71 Å². The standard InChI is InChI=1S/C13H11FN2O4S/c1-8-5-10(6-11(12(8)14)13(17)18)21(19,20)16-9-3-2-4-15-7-9/h2-7,16H,1H3,(H,17,18). The Balaban J connectivity index is 2.48. The number of hydrogen-bond acceptors (Lipinski definition) is 4. The van der Waals surface area contributed by atoms with E-state index in [1.165, 1.54) is 31.5 Å². The Morgan fingerprint density at radius 1 is 1.38 bits per heavy atom. The highest BCUT2D eigenvalue weighted by Crippen LogP contribution is 2.21. The van der Waals surface area contributed by atoms with E-state index in [4.69, 9.17) is 5.11 Å². The number of pyridine rings is 1. The van der Waals surface area contributed by atoms with Crippen molar-refractivity contribution >= 4 is 21.7 Å². The zero-order chi connectivity index (χ0) is 15.6. The number of carboxylic acids is 1. The van der Waals surface area contributed by atoms with Gasteiger partial charge in [-0.05, 0) is 36.8 Å².